The molecule has 2 aromatic rings. The second kappa shape index (κ2) is 5.12. The van der Waals surface area contributed by atoms with Gasteiger partial charge in [0, 0.05) is 0 Å². The summed E-state index contributed by atoms with van der Waals surface area (Å²) < 4.78 is 1.55. The molecule has 1 heterocycles. The molecule has 90 valence electrons. The van der Waals surface area contributed by atoms with Crippen LogP contribution in [0.5, 0.6) is 0 Å². The van der Waals surface area contributed by atoms with E-state index in [4.69, 9.17) is 5.11 Å². The Morgan fingerprint density at radius 2 is 1.88 bits per heavy atom. The van der Waals surface area contributed by atoms with Crippen LogP contribution in [0.3, 0.4) is 0 Å². The third-order valence-electron chi connectivity index (χ3n) is 2.83. The minimum atomic E-state index is -1.97. The van der Waals surface area contributed by atoms with Gasteiger partial charge in [-0.3, -0.25) is 0 Å². The van der Waals surface area contributed by atoms with Crippen LogP contribution in [0.2, 0.25) is 14.8 Å². The van der Waals surface area contributed by atoms with Crippen molar-refractivity contribution < 1.29 is 5.11 Å². The number of hydrogen-bond donors (Lipinski definition) is 1. The van der Waals surface area contributed by atoms with Gasteiger partial charge in [-0.1, -0.05) is 0 Å². The van der Waals surface area contributed by atoms with Gasteiger partial charge in [0.05, 0.1) is 0 Å². The Bertz CT molecular complexity index is 511. The van der Waals surface area contributed by atoms with Crippen LogP contribution in [0.15, 0.2) is 36.4 Å². The molecule has 0 fully saturated rings. The summed E-state index contributed by atoms with van der Waals surface area (Å²) in [7, 11) is 0. The average Bonchev–Trinajstić information content (AvgIpc) is 2.76. The van der Waals surface area contributed by atoms with Gasteiger partial charge in [-0.25, -0.2) is 0 Å². The Kier molecular flexibility index (Phi) is 3.95. The van der Waals surface area contributed by atoms with Crippen molar-refractivity contribution in [1.29, 1.82) is 0 Å². The van der Waals surface area contributed by atoms with Crippen LogP contribution in [0, 0.1) is 0 Å². The van der Waals surface area contributed by atoms with Crippen LogP contribution < -0.4 is 3.58 Å². The first-order valence-corrected chi connectivity index (χ1v) is 16.6. The van der Waals surface area contributed by atoms with Gasteiger partial charge in [0.25, 0.3) is 0 Å². The maximum absolute atomic E-state index is 9.10. The molecule has 0 atom stereocenters. The molecule has 0 aliphatic carbocycles. The molecule has 0 saturated heterocycles. The van der Waals surface area contributed by atoms with E-state index < -0.39 is 18.4 Å². The fraction of sp³-hybridized carbons (Fsp3) is 0.286. The molecule has 0 unspecified atom stereocenters. The first-order valence-electron chi connectivity index (χ1n) is 5.81. The Morgan fingerprint density at radius 1 is 1.12 bits per heavy atom. The van der Waals surface area contributed by atoms with E-state index in [0.29, 0.717) is 0 Å². The molecule has 0 radical (unpaired) electrons. The molecule has 17 heavy (non-hydrogen) atoms. The number of benzene rings is 1. The quantitative estimate of drug-likeness (QED) is 0.839. The van der Waals surface area contributed by atoms with Gasteiger partial charge in [-0.2, -0.15) is 0 Å². The van der Waals surface area contributed by atoms with Crippen molar-refractivity contribution in [2.75, 3.05) is 0 Å². The molecule has 0 bridgehead atoms. The first kappa shape index (κ1) is 13.1. The van der Waals surface area contributed by atoms with E-state index in [1.807, 2.05) is 6.07 Å². The molecule has 0 saturated carbocycles. The van der Waals surface area contributed by atoms with E-state index in [2.05, 4.69) is 45.2 Å². The first-order chi connectivity index (χ1) is 8.00. The molecule has 3 heteroatoms. The SMILES string of the molecule is [CH3][Sn]([CH3])([CH3])[c]1cccc(-c2ccc(CO)s2)c1. The van der Waals surface area contributed by atoms with Crippen LogP contribution >= 0.6 is 11.3 Å². The normalized spacial score (nSPS) is 11.8. The standard InChI is InChI=1S/C11H9OS.3CH3.Sn/c12-8-10-6-7-11(13-10)9-4-2-1-3-5-9;;;;/h1-2,4-7,12H,8H2;3*1H3;. The number of thiophene rings is 1. The Balaban J connectivity index is 2.39. The summed E-state index contributed by atoms with van der Waals surface area (Å²) in [4.78, 5) is 9.58. The Hall–Kier alpha value is -0.321. The zero-order valence-electron chi connectivity index (χ0n) is 10.5. The van der Waals surface area contributed by atoms with Gasteiger partial charge >= 0.3 is 112 Å². The van der Waals surface area contributed by atoms with Crippen molar-refractivity contribution in [3.05, 3.63) is 41.3 Å². The third-order valence-corrected chi connectivity index (χ3v) is 9.78. The van der Waals surface area contributed by atoms with E-state index >= 15 is 0 Å². The Labute approximate surface area is 111 Å². The zero-order valence-corrected chi connectivity index (χ0v) is 14.2. The van der Waals surface area contributed by atoms with Gasteiger partial charge in [0.1, 0.15) is 0 Å². The molecular weight excluding hydrogens is 335 g/mol. The van der Waals surface area contributed by atoms with Crippen LogP contribution in [-0.4, -0.2) is 23.5 Å². The van der Waals surface area contributed by atoms with Crippen LogP contribution in [0.4, 0.5) is 0 Å². The van der Waals surface area contributed by atoms with Gasteiger partial charge in [-0.15, -0.1) is 0 Å². The van der Waals surface area contributed by atoms with E-state index in [1.165, 1.54) is 10.4 Å². The monoisotopic (exact) mass is 354 g/mol. The summed E-state index contributed by atoms with van der Waals surface area (Å²) in [6.45, 7) is 0.142. The number of hydrogen-bond acceptors (Lipinski definition) is 2. The fourth-order valence-electron chi connectivity index (χ4n) is 1.76. The van der Waals surface area contributed by atoms with Gasteiger partial charge < -0.3 is 0 Å². The number of aliphatic hydroxyl groups is 1. The summed E-state index contributed by atoms with van der Waals surface area (Å²) in [5, 5.41) is 9.10. The van der Waals surface area contributed by atoms with E-state index in [1.54, 1.807) is 14.9 Å². The molecule has 0 spiro atoms. The molecular formula is C14H18OSSn. The summed E-state index contributed by atoms with van der Waals surface area (Å²) in [6.07, 6.45) is 0. The van der Waals surface area contributed by atoms with Gasteiger partial charge in [-0.05, 0) is 0 Å². The predicted octanol–water partition coefficient (Wildman–Crippen LogP) is 3.45. The van der Waals surface area contributed by atoms with Gasteiger partial charge in [0.2, 0.25) is 0 Å². The van der Waals surface area contributed by atoms with E-state index in [-0.39, 0.29) is 6.61 Å². The van der Waals surface area contributed by atoms with Crippen LogP contribution in [0.1, 0.15) is 4.88 Å². The summed E-state index contributed by atoms with van der Waals surface area (Å²) in [5.74, 6) is 0. The molecule has 0 aliphatic rings. The topological polar surface area (TPSA) is 20.2 Å². The number of aliphatic hydroxyl groups excluding tert-OH is 1. The van der Waals surface area contributed by atoms with Crippen molar-refractivity contribution in [2.45, 2.75) is 21.4 Å². The van der Waals surface area contributed by atoms with Crippen molar-refractivity contribution in [3.63, 3.8) is 0 Å². The van der Waals surface area contributed by atoms with Crippen molar-refractivity contribution in [2.24, 2.45) is 0 Å². The van der Waals surface area contributed by atoms with E-state index in [9.17, 15) is 0 Å². The van der Waals surface area contributed by atoms with Crippen molar-refractivity contribution in [1.82, 2.24) is 0 Å². The molecule has 1 N–H and O–H groups in total. The van der Waals surface area contributed by atoms with Crippen LogP contribution in [0.25, 0.3) is 10.4 Å². The Morgan fingerprint density at radius 3 is 2.47 bits per heavy atom. The predicted molar refractivity (Wildman–Crippen MR) is 78.7 cm³/mol. The summed E-state index contributed by atoms with van der Waals surface area (Å²) in [5.41, 5.74) is 1.29. The second-order valence-electron chi connectivity index (χ2n) is 5.25. The molecule has 1 aromatic heterocycles. The molecule has 1 aromatic carbocycles. The van der Waals surface area contributed by atoms with Gasteiger partial charge in [0.15, 0.2) is 0 Å². The van der Waals surface area contributed by atoms with Crippen LogP contribution in [-0.2, 0) is 6.61 Å². The van der Waals surface area contributed by atoms with E-state index in [0.717, 1.165) is 4.88 Å². The second-order valence-corrected chi connectivity index (χ2v) is 20.9. The summed E-state index contributed by atoms with van der Waals surface area (Å²) in [6, 6.07) is 13.0. The molecule has 2 rings (SSSR count). The zero-order chi connectivity index (χ0) is 12.5. The third kappa shape index (κ3) is 3.12. The average molecular weight is 353 g/mol. The van der Waals surface area contributed by atoms with Crippen molar-refractivity contribution >= 4 is 33.3 Å². The summed E-state index contributed by atoms with van der Waals surface area (Å²) >= 11 is -0.291. The maximum atomic E-state index is 9.10. The number of rotatable bonds is 3. The minimum absolute atomic E-state index is 0.142. The molecule has 0 aliphatic heterocycles. The van der Waals surface area contributed by atoms with Crippen molar-refractivity contribution in [3.8, 4) is 10.4 Å². The fourth-order valence-corrected chi connectivity index (χ4v) is 6.00. The molecule has 0 amide bonds. The molecule has 1 nitrogen and oxygen atoms in total.